The van der Waals surface area contributed by atoms with Crippen molar-refractivity contribution in [2.75, 3.05) is 14.2 Å². The first-order chi connectivity index (χ1) is 12.4. The summed E-state index contributed by atoms with van der Waals surface area (Å²) in [5, 5.41) is 9.58. The van der Waals surface area contributed by atoms with Crippen LogP contribution < -0.4 is 9.47 Å². The molecule has 0 radical (unpaired) electrons. The number of carboxylic acids is 1. The number of benzene rings is 2. The van der Waals surface area contributed by atoms with E-state index in [-0.39, 0.29) is 23.6 Å². The van der Waals surface area contributed by atoms with E-state index in [4.69, 9.17) is 9.47 Å². The van der Waals surface area contributed by atoms with E-state index in [0.717, 1.165) is 15.4 Å². The molecule has 26 heavy (non-hydrogen) atoms. The fourth-order valence-electron chi connectivity index (χ4n) is 3.07. The molecule has 8 heteroatoms. The summed E-state index contributed by atoms with van der Waals surface area (Å²) in [5.41, 5.74) is 1.65. The molecule has 0 bridgehead atoms. The molecule has 0 aromatic heterocycles. The van der Waals surface area contributed by atoms with Gasteiger partial charge in [-0.2, -0.15) is 4.31 Å². The average Bonchev–Trinajstić information content (AvgIpc) is 2.66. The number of carboxylic acid groups (broad SMARTS) is 1. The molecule has 1 heterocycles. The molecule has 0 spiro atoms. The van der Waals surface area contributed by atoms with Gasteiger partial charge in [0, 0.05) is 19.0 Å². The fraction of sp³-hybridized carbons (Fsp3) is 0.278. The Bertz CT molecular complexity index is 940. The molecule has 0 amide bonds. The normalized spacial score (nSPS) is 17.4. The number of carbonyl (C=O) groups is 1. The first kappa shape index (κ1) is 18.2. The van der Waals surface area contributed by atoms with Crippen molar-refractivity contribution in [2.45, 2.75) is 23.9 Å². The molecule has 1 aliphatic rings. The minimum absolute atomic E-state index is 0.00379. The van der Waals surface area contributed by atoms with Crippen LogP contribution in [0.3, 0.4) is 0 Å². The number of ether oxygens (including phenoxy) is 2. The number of rotatable bonds is 5. The summed E-state index contributed by atoms with van der Waals surface area (Å²) < 4.78 is 37.6. The Labute approximate surface area is 151 Å². The van der Waals surface area contributed by atoms with E-state index >= 15 is 0 Å². The number of hydrogen-bond acceptors (Lipinski definition) is 5. The minimum Gasteiger partial charge on any atom is -0.493 e. The van der Waals surface area contributed by atoms with E-state index in [0.29, 0.717) is 5.75 Å². The smallest absolute Gasteiger partial charge is 0.322 e. The van der Waals surface area contributed by atoms with Crippen LogP contribution in [0.5, 0.6) is 11.5 Å². The van der Waals surface area contributed by atoms with E-state index in [9.17, 15) is 18.3 Å². The molecule has 1 unspecified atom stereocenters. The number of aliphatic carboxylic acids is 1. The summed E-state index contributed by atoms with van der Waals surface area (Å²) >= 11 is 0. The Morgan fingerprint density at radius 2 is 1.73 bits per heavy atom. The predicted molar refractivity (Wildman–Crippen MR) is 93.8 cm³/mol. The van der Waals surface area contributed by atoms with E-state index < -0.39 is 22.0 Å². The third kappa shape index (κ3) is 3.13. The Morgan fingerprint density at radius 1 is 1.08 bits per heavy atom. The van der Waals surface area contributed by atoms with Crippen molar-refractivity contribution >= 4 is 16.0 Å². The molecule has 138 valence electrons. The van der Waals surface area contributed by atoms with E-state index in [1.807, 2.05) is 18.2 Å². The molecule has 2 aromatic rings. The predicted octanol–water partition coefficient (Wildman–Crippen LogP) is 1.90. The van der Waals surface area contributed by atoms with Gasteiger partial charge in [0.1, 0.15) is 6.04 Å². The van der Waals surface area contributed by atoms with Crippen molar-refractivity contribution in [1.29, 1.82) is 0 Å². The summed E-state index contributed by atoms with van der Waals surface area (Å²) in [7, 11) is -1.18. The van der Waals surface area contributed by atoms with Crippen LogP contribution >= 0.6 is 0 Å². The van der Waals surface area contributed by atoms with Gasteiger partial charge in [-0.1, -0.05) is 24.3 Å². The lowest BCUT2D eigenvalue weighted by atomic mass is 9.96. The van der Waals surface area contributed by atoms with Gasteiger partial charge in [0.25, 0.3) is 0 Å². The zero-order chi connectivity index (χ0) is 18.9. The number of fused-ring (bicyclic) bond motifs is 1. The monoisotopic (exact) mass is 377 g/mol. The second-order valence-corrected chi connectivity index (χ2v) is 7.78. The third-order valence-electron chi connectivity index (χ3n) is 4.45. The summed E-state index contributed by atoms with van der Waals surface area (Å²) in [5.74, 6) is -0.522. The maximum atomic E-state index is 13.1. The number of sulfonamides is 1. The molecule has 1 N–H and O–H groups in total. The van der Waals surface area contributed by atoms with Crippen LogP contribution in [0.15, 0.2) is 47.4 Å². The Hall–Kier alpha value is -2.58. The van der Waals surface area contributed by atoms with Crippen molar-refractivity contribution in [3.63, 3.8) is 0 Å². The quantitative estimate of drug-likeness (QED) is 0.856. The molecule has 0 fully saturated rings. The molecule has 0 saturated heterocycles. The highest BCUT2D eigenvalue weighted by Gasteiger charge is 2.39. The van der Waals surface area contributed by atoms with E-state index in [2.05, 4.69) is 0 Å². The molecule has 0 aliphatic carbocycles. The Balaban J connectivity index is 2.06. The fourth-order valence-corrected chi connectivity index (χ4v) is 4.65. The zero-order valence-electron chi connectivity index (χ0n) is 14.4. The first-order valence-electron chi connectivity index (χ1n) is 7.92. The van der Waals surface area contributed by atoms with Crippen molar-refractivity contribution in [3.05, 3.63) is 53.6 Å². The van der Waals surface area contributed by atoms with Crippen LogP contribution in [0.25, 0.3) is 0 Å². The highest BCUT2D eigenvalue weighted by Crippen LogP contribution is 2.33. The average molecular weight is 377 g/mol. The summed E-state index contributed by atoms with van der Waals surface area (Å²) in [4.78, 5) is 11.7. The van der Waals surface area contributed by atoms with Gasteiger partial charge in [-0.15, -0.1) is 0 Å². The highest BCUT2D eigenvalue weighted by molar-refractivity contribution is 7.89. The first-order valence-corrected chi connectivity index (χ1v) is 9.36. The number of hydrogen-bond donors (Lipinski definition) is 1. The van der Waals surface area contributed by atoms with Crippen LogP contribution in [-0.2, 0) is 27.8 Å². The van der Waals surface area contributed by atoms with Gasteiger partial charge in [0.15, 0.2) is 11.5 Å². The van der Waals surface area contributed by atoms with Gasteiger partial charge in [-0.3, -0.25) is 4.79 Å². The second kappa shape index (κ2) is 6.97. The minimum atomic E-state index is -4.04. The lowest BCUT2D eigenvalue weighted by Gasteiger charge is -2.33. The van der Waals surface area contributed by atoms with Gasteiger partial charge in [-0.25, -0.2) is 8.42 Å². The van der Waals surface area contributed by atoms with E-state index in [1.54, 1.807) is 6.07 Å². The van der Waals surface area contributed by atoms with Crippen LogP contribution in [0.4, 0.5) is 0 Å². The number of nitrogens with zero attached hydrogens (tertiary/aromatic N) is 1. The second-order valence-electron chi connectivity index (χ2n) is 5.89. The molecule has 3 rings (SSSR count). The topological polar surface area (TPSA) is 93.1 Å². The lowest BCUT2D eigenvalue weighted by molar-refractivity contribution is -0.141. The molecular weight excluding hydrogens is 358 g/mol. The molecule has 0 saturated carbocycles. The largest absolute Gasteiger partial charge is 0.493 e. The molecular formula is C18H19NO6S. The van der Waals surface area contributed by atoms with Gasteiger partial charge in [0.05, 0.1) is 19.1 Å². The summed E-state index contributed by atoms with van der Waals surface area (Å²) in [6, 6.07) is 10.3. The van der Waals surface area contributed by atoms with Gasteiger partial charge < -0.3 is 14.6 Å². The van der Waals surface area contributed by atoms with E-state index in [1.165, 1.54) is 32.4 Å². The van der Waals surface area contributed by atoms with Crippen molar-refractivity contribution in [1.82, 2.24) is 4.31 Å². The van der Waals surface area contributed by atoms with Crippen LogP contribution in [0.2, 0.25) is 0 Å². The zero-order valence-corrected chi connectivity index (χ0v) is 15.2. The van der Waals surface area contributed by atoms with Crippen molar-refractivity contribution in [3.8, 4) is 11.5 Å². The van der Waals surface area contributed by atoms with Crippen LogP contribution in [0, 0.1) is 0 Å². The maximum Gasteiger partial charge on any atom is 0.322 e. The van der Waals surface area contributed by atoms with Gasteiger partial charge >= 0.3 is 5.97 Å². The molecule has 1 atom stereocenters. The third-order valence-corrected chi connectivity index (χ3v) is 6.30. The van der Waals surface area contributed by atoms with Crippen LogP contribution in [0.1, 0.15) is 11.1 Å². The summed E-state index contributed by atoms with van der Waals surface area (Å²) in [6.07, 6.45) is 0.123. The Morgan fingerprint density at radius 3 is 2.35 bits per heavy atom. The maximum absolute atomic E-state index is 13.1. The van der Waals surface area contributed by atoms with Gasteiger partial charge in [-0.05, 0) is 23.3 Å². The van der Waals surface area contributed by atoms with Gasteiger partial charge in [0.2, 0.25) is 10.0 Å². The molecule has 7 nitrogen and oxygen atoms in total. The standard InChI is InChI=1S/C18H19NO6S/c1-24-16-8-7-14(10-17(16)25-2)26(22,23)19-11-13-6-4-3-5-12(13)9-15(19)18(20)21/h3-8,10,15H,9,11H2,1-2H3,(H,20,21). The SMILES string of the molecule is COc1ccc(S(=O)(=O)N2Cc3ccccc3CC2C(=O)O)cc1OC. The van der Waals surface area contributed by atoms with Crippen molar-refractivity contribution in [2.24, 2.45) is 0 Å². The van der Waals surface area contributed by atoms with Crippen molar-refractivity contribution < 1.29 is 27.8 Å². The molecule has 2 aromatic carbocycles. The van der Waals surface area contributed by atoms with Crippen LogP contribution in [-0.4, -0.2) is 44.1 Å². The number of methoxy groups -OCH3 is 2. The Kier molecular flexibility index (Phi) is 4.88. The molecule has 1 aliphatic heterocycles. The summed E-state index contributed by atoms with van der Waals surface area (Å²) in [6.45, 7) is 0.00379. The lowest BCUT2D eigenvalue weighted by Crippen LogP contribution is -2.48. The highest BCUT2D eigenvalue weighted by atomic mass is 32.2.